The molecule has 138 valence electrons. The van der Waals surface area contributed by atoms with Crippen LogP contribution in [0.25, 0.3) is 0 Å². The standard InChI is InChI=1S/C21H20N2O2S2/c22-19(24)21-13-25-20(18-7-1-2-8-23-18,11-14(21)16-5-3-9-26-16)12-15(21)17-6-4-10-27-17/h1-10,14-15H,11-13H2,(H2,22,24). The molecule has 2 unspecified atom stereocenters. The molecule has 6 rings (SSSR count). The van der Waals surface area contributed by atoms with E-state index in [4.69, 9.17) is 10.5 Å². The summed E-state index contributed by atoms with van der Waals surface area (Å²) >= 11 is 3.40. The van der Waals surface area contributed by atoms with Crippen molar-refractivity contribution >= 4 is 28.6 Å². The van der Waals surface area contributed by atoms with Gasteiger partial charge in [-0.05, 0) is 47.9 Å². The van der Waals surface area contributed by atoms with Crippen LogP contribution in [0.1, 0.15) is 40.1 Å². The third-order valence-corrected chi connectivity index (χ3v) is 8.23. The molecule has 3 fully saturated rings. The van der Waals surface area contributed by atoms with Crippen LogP contribution >= 0.6 is 22.7 Å². The first kappa shape index (κ1) is 17.1. The summed E-state index contributed by atoms with van der Waals surface area (Å²) in [5.41, 5.74) is 5.84. The molecule has 2 saturated heterocycles. The average Bonchev–Trinajstić information content (AvgIpc) is 3.43. The van der Waals surface area contributed by atoms with E-state index in [0.29, 0.717) is 6.61 Å². The molecule has 1 amide bonds. The second-order valence-electron chi connectivity index (χ2n) is 7.45. The lowest BCUT2D eigenvalue weighted by Gasteiger charge is -2.59. The van der Waals surface area contributed by atoms with Gasteiger partial charge in [0.2, 0.25) is 5.91 Å². The van der Waals surface area contributed by atoms with Crippen LogP contribution in [0.4, 0.5) is 0 Å². The lowest BCUT2D eigenvalue weighted by Crippen LogP contribution is -2.62. The van der Waals surface area contributed by atoms with Gasteiger partial charge < -0.3 is 10.5 Å². The topological polar surface area (TPSA) is 65.2 Å². The highest BCUT2D eigenvalue weighted by molar-refractivity contribution is 7.10. The number of primary amides is 1. The molecule has 0 spiro atoms. The summed E-state index contributed by atoms with van der Waals surface area (Å²) in [7, 11) is 0. The van der Waals surface area contributed by atoms with E-state index >= 15 is 0 Å². The summed E-state index contributed by atoms with van der Waals surface area (Å²) in [6, 6.07) is 14.3. The molecule has 3 aromatic heterocycles. The van der Waals surface area contributed by atoms with Crippen LogP contribution in [0.3, 0.4) is 0 Å². The van der Waals surface area contributed by atoms with Crippen LogP contribution in [0.2, 0.25) is 0 Å². The molecular weight excluding hydrogens is 376 g/mol. The Hall–Kier alpha value is -2.02. The molecule has 2 N–H and O–H groups in total. The zero-order chi connectivity index (χ0) is 18.5. The molecule has 2 aliphatic heterocycles. The Labute approximate surface area is 166 Å². The van der Waals surface area contributed by atoms with Crippen LogP contribution in [0.15, 0.2) is 59.4 Å². The first-order valence-electron chi connectivity index (χ1n) is 9.08. The highest BCUT2D eigenvalue weighted by Crippen LogP contribution is 2.66. The van der Waals surface area contributed by atoms with Gasteiger partial charge in [-0.3, -0.25) is 9.78 Å². The third kappa shape index (κ3) is 2.43. The highest BCUT2D eigenvalue weighted by atomic mass is 32.1. The number of amides is 1. The number of nitrogens with two attached hydrogens (primary N) is 1. The summed E-state index contributed by atoms with van der Waals surface area (Å²) in [6.45, 7) is 0.337. The van der Waals surface area contributed by atoms with E-state index in [0.717, 1.165) is 18.5 Å². The van der Waals surface area contributed by atoms with Crippen molar-refractivity contribution in [1.82, 2.24) is 4.98 Å². The molecule has 0 radical (unpaired) electrons. The summed E-state index contributed by atoms with van der Waals surface area (Å²) < 4.78 is 6.42. The number of pyridine rings is 1. The Morgan fingerprint density at radius 1 is 1.04 bits per heavy atom. The fourth-order valence-electron chi connectivity index (χ4n) is 4.94. The Morgan fingerprint density at radius 2 is 1.70 bits per heavy atom. The number of hydrogen-bond acceptors (Lipinski definition) is 5. The number of thiophene rings is 2. The average molecular weight is 397 g/mol. The SMILES string of the molecule is NC(=O)C12COC(c3ccccn3)(CC1c1cccs1)CC2c1cccs1. The van der Waals surface area contributed by atoms with Crippen LogP contribution in [0.5, 0.6) is 0 Å². The minimum absolute atomic E-state index is 0.0339. The van der Waals surface area contributed by atoms with Gasteiger partial charge in [0.15, 0.2) is 0 Å². The van der Waals surface area contributed by atoms with E-state index in [9.17, 15) is 4.79 Å². The van der Waals surface area contributed by atoms with Gasteiger partial charge in [-0.15, -0.1) is 22.7 Å². The zero-order valence-electron chi connectivity index (χ0n) is 14.7. The summed E-state index contributed by atoms with van der Waals surface area (Å²) in [4.78, 5) is 20.0. The third-order valence-electron chi connectivity index (χ3n) is 6.26. The van der Waals surface area contributed by atoms with Crippen LogP contribution in [-0.2, 0) is 15.1 Å². The maximum atomic E-state index is 12.9. The second-order valence-corrected chi connectivity index (χ2v) is 9.41. The van der Waals surface area contributed by atoms with E-state index in [-0.39, 0.29) is 17.7 Å². The van der Waals surface area contributed by atoms with Crippen molar-refractivity contribution in [2.75, 3.05) is 6.61 Å². The Morgan fingerprint density at radius 3 is 2.19 bits per heavy atom. The fourth-order valence-corrected chi connectivity index (χ4v) is 6.80. The summed E-state index contributed by atoms with van der Waals surface area (Å²) in [5.74, 6) is -0.188. The number of hydrogen-bond donors (Lipinski definition) is 1. The maximum Gasteiger partial charge on any atom is 0.227 e. The van der Waals surface area contributed by atoms with E-state index in [1.54, 1.807) is 22.7 Å². The molecule has 0 aromatic carbocycles. The van der Waals surface area contributed by atoms with Crippen molar-refractivity contribution in [3.63, 3.8) is 0 Å². The molecule has 5 heterocycles. The largest absolute Gasteiger partial charge is 0.369 e. The minimum Gasteiger partial charge on any atom is -0.369 e. The van der Waals surface area contributed by atoms with Gasteiger partial charge in [0.05, 0.1) is 17.7 Å². The quantitative estimate of drug-likeness (QED) is 0.716. The molecule has 6 heteroatoms. The number of rotatable bonds is 4. The van der Waals surface area contributed by atoms with Crippen molar-refractivity contribution in [1.29, 1.82) is 0 Å². The van der Waals surface area contributed by atoms with Crippen molar-refractivity contribution in [2.45, 2.75) is 30.3 Å². The van der Waals surface area contributed by atoms with Gasteiger partial charge in [-0.25, -0.2) is 0 Å². The van der Waals surface area contributed by atoms with E-state index in [2.05, 4.69) is 27.9 Å². The fraction of sp³-hybridized carbons (Fsp3) is 0.333. The first-order chi connectivity index (χ1) is 13.2. The number of fused-ring (bicyclic) bond motifs is 3. The Bertz CT molecular complexity index is 894. The number of carbonyl (C=O) groups is 1. The molecule has 1 aliphatic carbocycles. The lowest BCUT2D eigenvalue weighted by molar-refractivity contribution is -0.211. The monoisotopic (exact) mass is 396 g/mol. The molecule has 3 aromatic rings. The van der Waals surface area contributed by atoms with Crippen LogP contribution in [0, 0.1) is 5.41 Å². The van der Waals surface area contributed by atoms with Gasteiger partial charge >= 0.3 is 0 Å². The smallest absolute Gasteiger partial charge is 0.227 e. The van der Waals surface area contributed by atoms with Crippen molar-refractivity contribution < 1.29 is 9.53 Å². The van der Waals surface area contributed by atoms with E-state index in [1.165, 1.54) is 9.75 Å². The first-order valence-corrected chi connectivity index (χ1v) is 10.8. The number of nitrogens with zero attached hydrogens (tertiary/aromatic N) is 1. The van der Waals surface area contributed by atoms with Crippen molar-refractivity contribution in [3.05, 3.63) is 74.9 Å². The van der Waals surface area contributed by atoms with Crippen molar-refractivity contribution in [2.24, 2.45) is 11.1 Å². The van der Waals surface area contributed by atoms with E-state index < -0.39 is 11.0 Å². The summed E-state index contributed by atoms with van der Waals surface area (Å²) in [6.07, 6.45) is 3.28. The molecule has 1 saturated carbocycles. The molecule has 2 bridgehead atoms. The van der Waals surface area contributed by atoms with Crippen LogP contribution in [-0.4, -0.2) is 17.5 Å². The molecule has 3 aliphatic rings. The summed E-state index contributed by atoms with van der Waals surface area (Å²) in [5, 5.41) is 4.14. The van der Waals surface area contributed by atoms with E-state index in [1.807, 2.05) is 36.5 Å². The van der Waals surface area contributed by atoms with Gasteiger partial charge in [-0.2, -0.15) is 0 Å². The number of carbonyl (C=O) groups excluding carboxylic acids is 1. The molecular formula is C21H20N2O2S2. The highest BCUT2D eigenvalue weighted by Gasteiger charge is 2.65. The predicted octanol–water partition coefficient (Wildman–Crippen LogP) is 4.26. The Kier molecular flexibility index (Phi) is 3.96. The Balaban J connectivity index is 1.71. The molecule has 27 heavy (non-hydrogen) atoms. The normalized spacial score (nSPS) is 32.4. The van der Waals surface area contributed by atoms with Gasteiger partial charge in [0.25, 0.3) is 0 Å². The second kappa shape index (κ2) is 6.26. The predicted molar refractivity (Wildman–Crippen MR) is 107 cm³/mol. The molecule has 2 atom stereocenters. The number of aromatic nitrogens is 1. The number of ether oxygens (including phenoxy) is 1. The minimum atomic E-state index is -0.716. The maximum absolute atomic E-state index is 12.9. The zero-order valence-corrected chi connectivity index (χ0v) is 16.3. The van der Waals surface area contributed by atoms with Gasteiger partial charge in [0, 0.05) is 27.8 Å². The van der Waals surface area contributed by atoms with Gasteiger partial charge in [-0.1, -0.05) is 18.2 Å². The van der Waals surface area contributed by atoms with Crippen molar-refractivity contribution in [3.8, 4) is 0 Å². The molecule has 4 nitrogen and oxygen atoms in total. The van der Waals surface area contributed by atoms with Gasteiger partial charge in [0.1, 0.15) is 5.60 Å². The van der Waals surface area contributed by atoms with Crippen LogP contribution < -0.4 is 5.73 Å². The lowest BCUT2D eigenvalue weighted by atomic mass is 9.52.